The first-order valence-electron chi connectivity index (χ1n) is 5.09. The highest BCUT2D eigenvalue weighted by Crippen LogP contribution is 2.27. The normalized spacial score (nSPS) is 29.7. The van der Waals surface area contributed by atoms with Gasteiger partial charge in [0.25, 0.3) is 0 Å². The maximum atomic E-state index is 8.73. The van der Waals surface area contributed by atoms with Crippen molar-refractivity contribution in [3.63, 3.8) is 0 Å². The van der Waals surface area contributed by atoms with Crippen molar-refractivity contribution >= 4 is 8.32 Å². The number of nitriles is 1. The predicted molar refractivity (Wildman–Crippen MR) is 55.8 cm³/mol. The van der Waals surface area contributed by atoms with Crippen LogP contribution in [0.1, 0.15) is 25.7 Å². The molecule has 0 saturated heterocycles. The summed E-state index contributed by atoms with van der Waals surface area (Å²) in [5, 5.41) is 8.73. The Morgan fingerprint density at radius 3 is 2.08 bits per heavy atom. The van der Waals surface area contributed by atoms with Gasteiger partial charge in [0.15, 0.2) is 8.32 Å². The molecule has 1 aliphatic carbocycles. The fraction of sp³-hybridized carbons (Fsp3) is 0.900. The van der Waals surface area contributed by atoms with Crippen molar-refractivity contribution in [2.45, 2.75) is 51.4 Å². The van der Waals surface area contributed by atoms with E-state index in [1.165, 1.54) is 0 Å². The maximum absolute atomic E-state index is 8.73. The van der Waals surface area contributed by atoms with Crippen LogP contribution in [0.15, 0.2) is 0 Å². The van der Waals surface area contributed by atoms with Crippen molar-refractivity contribution in [2.75, 3.05) is 0 Å². The van der Waals surface area contributed by atoms with Crippen LogP contribution in [0.25, 0.3) is 0 Å². The lowest BCUT2D eigenvalue weighted by atomic mass is 9.89. The van der Waals surface area contributed by atoms with Crippen LogP contribution < -0.4 is 0 Å². The van der Waals surface area contributed by atoms with E-state index in [1.54, 1.807) is 0 Å². The molecule has 1 rings (SSSR count). The van der Waals surface area contributed by atoms with E-state index >= 15 is 0 Å². The molecule has 13 heavy (non-hydrogen) atoms. The minimum Gasteiger partial charge on any atom is -0.415 e. The Hall–Kier alpha value is -0.333. The number of rotatable bonds is 2. The first-order valence-corrected chi connectivity index (χ1v) is 8.49. The minimum absolute atomic E-state index is 0.293. The quantitative estimate of drug-likeness (QED) is 0.638. The van der Waals surface area contributed by atoms with Crippen molar-refractivity contribution in [1.82, 2.24) is 0 Å². The molecule has 0 aromatic rings. The smallest absolute Gasteiger partial charge is 0.184 e. The van der Waals surface area contributed by atoms with Gasteiger partial charge < -0.3 is 4.43 Å². The Balaban J connectivity index is 2.30. The maximum Gasteiger partial charge on any atom is 0.184 e. The first kappa shape index (κ1) is 10.7. The summed E-state index contributed by atoms with van der Waals surface area (Å²) in [6.45, 7) is 6.68. The molecule has 0 unspecified atom stereocenters. The molecule has 74 valence electrons. The minimum atomic E-state index is -1.36. The molecule has 0 aromatic heterocycles. The molecule has 0 aliphatic heterocycles. The molecule has 0 amide bonds. The summed E-state index contributed by atoms with van der Waals surface area (Å²) in [7, 11) is -1.36. The van der Waals surface area contributed by atoms with Gasteiger partial charge in [-0.05, 0) is 45.3 Å². The van der Waals surface area contributed by atoms with Crippen molar-refractivity contribution in [3.8, 4) is 6.07 Å². The van der Waals surface area contributed by atoms with E-state index < -0.39 is 8.32 Å². The Kier molecular flexibility index (Phi) is 3.52. The summed E-state index contributed by atoms with van der Waals surface area (Å²) in [5.41, 5.74) is 0. The molecule has 1 aliphatic rings. The molecular formula is C10H19NOSi. The molecule has 3 heteroatoms. The molecule has 0 atom stereocenters. The first-order chi connectivity index (χ1) is 6.01. The average Bonchev–Trinajstić information content (AvgIpc) is 2.03. The van der Waals surface area contributed by atoms with Crippen LogP contribution in [0, 0.1) is 17.2 Å². The van der Waals surface area contributed by atoms with Crippen LogP contribution in [0.3, 0.4) is 0 Å². The van der Waals surface area contributed by atoms with Gasteiger partial charge in [-0.3, -0.25) is 0 Å². The van der Waals surface area contributed by atoms with Crippen molar-refractivity contribution in [2.24, 2.45) is 5.92 Å². The lowest BCUT2D eigenvalue weighted by Gasteiger charge is -2.30. The van der Waals surface area contributed by atoms with Gasteiger partial charge in [-0.2, -0.15) is 5.26 Å². The van der Waals surface area contributed by atoms with Gasteiger partial charge in [-0.15, -0.1) is 0 Å². The summed E-state index contributed by atoms with van der Waals surface area (Å²) in [6, 6.07) is 2.34. The molecule has 0 spiro atoms. The summed E-state index contributed by atoms with van der Waals surface area (Å²) < 4.78 is 6.00. The van der Waals surface area contributed by atoms with Gasteiger partial charge in [-0.1, -0.05) is 0 Å². The van der Waals surface area contributed by atoms with Gasteiger partial charge in [0.1, 0.15) is 0 Å². The predicted octanol–water partition coefficient (Wildman–Crippen LogP) is 2.92. The molecule has 0 aromatic carbocycles. The Morgan fingerprint density at radius 2 is 1.69 bits per heavy atom. The van der Waals surface area contributed by atoms with Crippen molar-refractivity contribution in [3.05, 3.63) is 0 Å². The Morgan fingerprint density at radius 1 is 1.15 bits per heavy atom. The van der Waals surface area contributed by atoms with E-state index in [-0.39, 0.29) is 0 Å². The second-order valence-corrected chi connectivity index (χ2v) is 9.29. The third kappa shape index (κ3) is 3.92. The van der Waals surface area contributed by atoms with Crippen LogP contribution >= 0.6 is 0 Å². The van der Waals surface area contributed by atoms with E-state index in [0.29, 0.717) is 12.0 Å². The fourth-order valence-electron chi connectivity index (χ4n) is 1.81. The topological polar surface area (TPSA) is 33.0 Å². The van der Waals surface area contributed by atoms with Gasteiger partial charge in [0.2, 0.25) is 0 Å². The highest BCUT2D eigenvalue weighted by molar-refractivity contribution is 6.69. The lowest BCUT2D eigenvalue weighted by molar-refractivity contribution is 0.136. The van der Waals surface area contributed by atoms with Gasteiger partial charge >= 0.3 is 0 Å². The monoisotopic (exact) mass is 197 g/mol. The van der Waals surface area contributed by atoms with E-state index in [1.807, 2.05) is 0 Å². The molecular weight excluding hydrogens is 178 g/mol. The van der Waals surface area contributed by atoms with Crippen LogP contribution in [-0.4, -0.2) is 14.4 Å². The number of nitrogens with zero attached hydrogens (tertiary/aromatic N) is 1. The molecule has 0 heterocycles. The fourth-order valence-corrected chi connectivity index (χ4v) is 3.05. The molecule has 0 N–H and O–H groups in total. The average molecular weight is 197 g/mol. The van der Waals surface area contributed by atoms with Crippen LogP contribution in [0.4, 0.5) is 0 Å². The van der Waals surface area contributed by atoms with Gasteiger partial charge in [-0.25, -0.2) is 0 Å². The van der Waals surface area contributed by atoms with Gasteiger partial charge in [0, 0.05) is 12.0 Å². The zero-order valence-electron chi connectivity index (χ0n) is 8.84. The third-order valence-electron chi connectivity index (χ3n) is 2.38. The number of hydrogen-bond donors (Lipinski definition) is 0. The largest absolute Gasteiger partial charge is 0.415 e. The van der Waals surface area contributed by atoms with E-state index in [4.69, 9.17) is 9.69 Å². The zero-order chi connectivity index (χ0) is 9.90. The van der Waals surface area contributed by atoms with E-state index in [9.17, 15) is 0 Å². The van der Waals surface area contributed by atoms with Gasteiger partial charge in [0.05, 0.1) is 6.07 Å². The number of hydrogen-bond acceptors (Lipinski definition) is 2. The summed E-state index contributed by atoms with van der Waals surface area (Å²) in [5.74, 6) is 0.293. The highest BCUT2D eigenvalue weighted by Gasteiger charge is 2.25. The van der Waals surface area contributed by atoms with E-state index in [2.05, 4.69) is 25.7 Å². The SMILES string of the molecule is C[Si](C)(C)OC1CCC(C#N)CC1. The second kappa shape index (κ2) is 4.25. The Bertz CT molecular complexity index is 196. The summed E-state index contributed by atoms with van der Waals surface area (Å²) in [4.78, 5) is 0. The van der Waals surface area contributed by atoms with Crippen LogP contribution in [0.2, 0.25) is 19.6 Å². The zero-order valence-corrected chi connectivity index (χ0v) is 9.84. The third-order valence-corrected chi connectivity index (χ3v) is 3.42. The molecule has 1 saturated carbocycles. The second-order valence-electron chi connectivity index (χ2n) is 4.83. The molecule has 1 fully saturated rings. The lowest BCUT2D eigenvalue weighted by Crippen LogP contribution is -2.34. The standard InChI is InChI=1S/C10H19NOSi/c1-13(2,3)12-10-6-4-9(8-11)5-7-10/h9-10H,4-7H2,1-3H3. The van der Waals surface area contributed by atoms with Crippen molar-refractivity contribution in [1.29, 1.82) is 5.26 Å². The Labute approximate surface area is 82.0 Å². The van der Waals surface area contributed by atoms with Crippen LogP contribution in [-0.2, 0) is 4.43 Å². The molecule has 0 radical (unpaired) electrons. The summed E-state index contributed by atoms with van der Waals surface area (Å²) >= 11 is 0. The van der Waals surface area contributed by atoms with E-state index in [0.717, 1.165) is 25.7 Å². The van der Waals surface area contributed by atoms with Crippen molar-refractivity contribution < 1.29 is 4.43 Å². The van der Waals surface area contributed by atoms with Crippen LogP contribution in [0.5, 0.6) is 0 Å². The highest BCUT2D eigenvalue weighted by atomic mass is 28.4. The molecule has 0 bridgehead atoms. The summed E-state index contributed by atoms with van der Waals surface area (Å²) in [6.07, 6.45) is 4.68. The molecule has 2 nitrogen and oxygen atoms in total.